The summed E-state index contributed by atoms with van der Waals surface area (Å²) in [6.45, 7) is 0. The highest BCUT2D eigenvalue weighted by atomic mass is 14.9. The third-order valence-electron chi connectivity index (χ3n) is 1.40. The van der Waals surface area contributed by atoms with Gasteiger partial charge in [0.2, 0.25) is 5.82 Å². The molecular weight excluding hydrogens is 140 g/mol. The second-order valence-corrected chi connectivity index (χ2v) is 2.09. The molecule has 2 aromatic heterocycles. The number of hydrogen-bond donors (Lipinski definition) is 1. The van der Waals surface area contributed by atoms with Crippen molar-refractivity contribution in [1.29, 1.82) is 5.26 Å². The Hall–Kier alpha value is -1.89. The minimum Gasteiger partial charge on any atom is -0.346 e. The van der Waals surface area contributed by atoms with Crippen molar-refractivity contribution < 1.29 is 0 Å². The van der Waals surface area contributed by atoms with Gasteiger partial charge < -0.3 is 4.98 Å². The fourth-order valence-corrected chi connectivity index (χ4v) is 0.893. The fraction of sp³-hybridized carbons (Fsp3) is 0. The first-order chi connectivity index (χ1) is 5.40. The Balaban J connectivity index is 2.79. The van der Waals surface area contributed by atoms with Crippen LogP contribution in [0.1, 0.15) is 5.82 Å². The summed E-state index contributed by atoms with van der Waals surface area (Å²) in [7, 11) is 0. The monoisotopic (exact) mass is 144 g/mol. The third-order valence-corrected chi connectivity index (χ3v) is 1.40. The highest BCUT2D eigenvalue weighted by Gasteiger charge is 1.97. The lowest BCUT2D eigenvalue weighted by molar-refractivity contribution is 1.14. The molecule has 0 aliphatic rings. The molecule has 0 spiro atoms. The van der Waals surface area contributed by atoms with E-state index in [1.54, 1.807) is 12.4 Å². The molecule has 2 aromatic rings. The smallest absolute Gasteiger partial charge is 0.234 e. The van der Waals surface area contributed by atoms with Gasteiger partial charge in [-0.2, -0.15) is 5.26 Å². The summed E-state index contributed by atoms with van der Waals surface area (Å²) in [5, 5.41) is 9.37. The number of aromatic amines is 1. The lowest BCUT2D eigenvalue weighted by atomic mass is 10.4. The van der Waals surface area contributed by atoms with Gasteiger partial charge in [-0.15, -0.1) is 0 Å². The van der Waals surface area contributed by atoms with E-state index in [0.29, 0.717) is 5.65 Å². The van der Waals surface area contributed by atoms with Crippen LogP contribution in [0.4, 0.5) is 0 Å². The van der Waals surface area contributed by atoms with Crippen molar-refractivity contribution >= 4 is 11.0 Å². The van der Waals surface area contributed by atoms with Crippen LogP contribution in [-0.2, 0) is 0 Å². The zero-order chi connectivity index (χ0) is 7.68. The Morgan fingerprint density at radius 1 is 1.55 bits per heavy atom. The highest BCUT2D eigenvalue weighted by Crippen LogP contribution is 2.06. The summed E-state index contributed by atoms with van der Waals surface area (Å²) >= 11 is 0. The molecular formula is C7H4N4. The van der Waals surface area contributed by atoms with Crippen LogP contribution in [0.25, 0.3) is 11.0 Å². The largest absolute Gasteiger partial charge is 0.346 e. The van der Waals surface area contributed by atoms with E-state index in [9.17, 15) is 0 Å². The van der Waals surface area contributed by atoms with Crippen LogP contribution in [0.3, 0.4) is 0 Å². The first-order valence-electron chi connectivity index (χ1n) is 3.10. The summed E-state index contributed by atoms with van der Waals surface area (Å²) in [4.78, 5) is 10.6. The van der Waals surface area contributed by atoms with Gasteiger partial charge in [-0.05, 0) is 6.07 Å². The van der Waals surface area contributed by atoms with Crippen molar-refractivity contribution in [2.24, 2.45) is 0 Å². The van der Waals surface area contributed by atoms with Gasteiger partial charge in [0, 0.05) is 17.8 Å². The van der Waals surface area contributed by atoms with E-state index >= 15 is 0 Å². The van der Waals surface area contributed by atoms with Gasteiger partial charge in [-0.3, -0.25) is 0 Å². The molecule has 0 radical (unpaired) electrons. The number of aromatic nitrogens is 3. The van der Waals surface area contributed by atoms with Crippen molar-refractivity contribution in [2.75, 3.05) is 0 Å². The Morgan fingerprint density at radius 2 is 2.45 bits per heavy atom. The van der Waals surface area contributed by atoms with Crippen molar-refractivity contribution in [3.63, 3.8) is 0 Å². The molecule has 4 nitrogen and oxygen atoms in total. The van der Waals surface area contributed by atoms with Crippen LogP contribution in [0.15, 0.2) is 18.5 Å². The van der Waals surface area contributed by atoms with Crippen LogP contribution in [0.2, 0.25) is 0 Å². The Morgan fingerprint density at radius 3 is 3.27 bits per heavy atom. The van der Waals surface area contributed by atoms with Crippen molar-refractivity contribution in [3.05, 3.63) is 24.3 Å². The van der Waals surface area contributed by atoms with E-state index in [-0.39, 0.29) is 5.82 Å². The molecule has 0 atom stereocenters. The van der Waals surface area contributed by atoms with E-state index in [2.05, 4.69) is 15.0 Å². The van der Waals surface area contributed by atoms with E-state index in [1.807, 2.05) is 12.1 Å². The molecule has 0 bridgehead atoms. The van der Waals surface area contributed by atoms with E-state index in [0.717, 1.165) is 5.39 Å². The average molecular weight is 144 g/mol. The zero-order valence-corrected chi connectivity index (χ0v) is 5.57. The molecule has 0 saturated carbocycles. The van der Waals surface area contributed by atoms with Gasteiger partial charge in [0.05, 0.1) is 0 Å². The van der Waals surface area contributed by atoms with Gasteiger partial charge in [0.1, 0.15) is 11.7 Å². The molecule has 4 heteroatoms. The summed E-state index contributed by atoms with van der Waals surface area (Å²) in [6, 6.07) is 3.72. The number of fused-ring (bicyclic) bond motifs is 1. The fourth-order valence-electron chi connectivity index (χ4n) is 0.893. The second-order valence-electron chi connectivity index (χ2n) is 2.09. The normalized spacial score (nSPS) is 9.73. The van der Waals surface area contributed by atoms with Gasteiger partial charge >= 0.3 is 0 Å². The number of nitriles is 1. The van der Waals surface area contributed by atoms with Gasteiger partial charge in [0.15, 0.2) is 0 Å². The quantitative estimate of drug-likeness (QED) is 0.595. The number of H-pyrrole nitrogens is 1. The van der Waals surface area contributed by atoms with Crippen LogP contribution < -0.4 is 0 Å². The molecule has 11 heavy (non-hydrogen) atoms. The van der Waals surface area contributed by atoms with Gasteiger partial charge in [-0.25, -0.2) is 9.97 Å². The summed E-state index contributed by atoms with van der Waals surface area (Å²) in [5.41, 5.74) is 0.705. The molecule has 52 valence electrons. The molecule has 2 heterocycles. The molecule has 0 fully saturated rings. The maximum atomic E-state index is 8.45. The minimum absolute atomic E-state index is 0.194. The predicted molar refractivity (Wildman–Crippen MR) is 38.6 cm³/mol. The molecule has 0 saturated heterocycles. The van der Waals surface area contributed by atoms with Crippen LogP contribution >= 0.6 is 0 Å². The lowest BCUT2D eigenvalue weighted by Crippen LogP contribution is -1.86. The van der Waals surface area contributed by atoms with Crippen LogP contribution in [-0.4, -0.2) is 15.0 Å². The second kappa shape index (κ2) is 2.06. The van der Waals surface area contributed by atoms with E-state index in [4.69, 9.17) is 5.26 Å². The summed E-state index contributed by atoms with van der Waals surface area (Å²) < 4.78 is 0. The standard InChI is InChI=1S/C7H4N4/c8-3-6-10-4-5-1-2-9-7(5)11-6/h1-2,4H,(H,9,10,11). The third kappa shape index (κ3) is 0.829. The topological polar surface area (TPSA) is 65.4 Å². The minimum atomic E-state index is 0.194. The zero-order valence-electron chi connectivity index (χ0n) is 5.57. The van der Waals surface area contributed by atoms with E-state index in [1.165, 1.54) is 0 Å². The molecule has 0 aromatic carbocycles. The molecule has 0 aliphatic carbocycles. The predicted octanol–water partition coefficient (Wildman–Crippen LogP) is 0.830. The first-order valence-corrected chi connectivity index (χ1v) is 3.10. The first kappa shape index (κ1) is 5.86. The summed E-state index contributed by atoms with van der Waals surface area (Å²) in [6.07, 6.45) is 3.39. The van der Waals surface area contributed by atoms with E-state index < -0.39 is 0 Å². The summed E-state index contributed by atoms with van der Waals surface area (Å²) in [5.74, 6) is 0.194. The highest BCUT2D eigenvalue weighted by molar-refractivity contribution is 5.74. The molecule has 0 aliphatic heterocycles. The van der Waals surface area contributed by atoms with Crippen molar-refractivity contribution in [1.82, 2.24) is 15.0 Å². The Kier molecular flexibility index (Phi) is 1.10. The number of nitrogens with one attached hydrogen (secondary N) is 1. The molecule has 0 amide bonds. The molecule has 0 unspecified atom stereocenters. The Bertz CT molecular complexity index is 423. The molecule has 2 rings (SSSR count). The van der Waals surface area contributed by atoms with Crippen molar-refractivity contribution in [3.8, 4) is 6.07 Å². The van der Waals surface area contributed by atoms with Crippen LogP contribution in [0.5, 0.6) is 0 Å². The average Bonchev–Trinajstić information content (AvgIpc) is 2.50. The lowest BCUT2D eigenvalue weighted by Gasteiger charge is -1.86. The van der Waals surface area contributed by atoms with Crippen LogP contribution in [0, 0.1) is 11.3 Å². The number of rotatable bonds is 0. The molecule has 1 N–H and O–H groups in total. The Labute approximate surface area is 62.5 Å². The van der Waals surface area contributed by atoms with Gasteiger partial charge in [-0.1, -0.05) is 0 Å². The van der Waals surface area contributed by atoms with Crippen molar-refractivity contribution in [2.45, 2.75) is 0 Å². The maximum absolute atomic E-state index is 8.45. The maximum Gasteiger partial charge on any atom is 0.234 e. The van der Waals surface area contributed by atoms with Gasteiger partial charge in [0.25, 0.3) is 0 Å². The SMILES string of the molecule is N#Cc1ncc2cc[nH]c2n1. The number of hydrogen-bond acceptors (Lipinski definition) is 3. The number of nitrogens with zero attached hydrogens (tertiary/aromatic N) is 3.